The summed E-state index contributed by atoms with van der Waals surface area (Å²) < 4.78 is 0. The molecular formula is C23H31ClN2O. The van der Waals surface area contributed by atoms with Crippen LogP contribution in [0.3, 0.4) is 0 Å². The number of rotatable bonds is 8. The first-order valence-corrected chi connectivity index (χ1v) is 10.7. The van der Waals surface area contributed by atoms with Gasteiger partial charge >= 0.3 is 0 Å². The Balaban J connectivity index is 1.57. The van der Waals surface area contributed by atoms with Crippen molar-refractivity contribution in [2.45, 2.75) is 64.8 Å². The molecule has 3 nitrogen and oxygen atoms in total. The number of hydrogen-bond donors (Lipinski definition) is 2. The summed E-state index contributed by atoms with van der Waals surface area (Å²) in [4.78, 5) is 12.7. The van der Waals surface area contributed by atoms with Crippen molar-refractivity contribution in [3.8, 4) is 0 Å². The Morgan fingerprint density at radius 2 is 2.19 bits per heavy atom. The SMILES string of the molecule is CC(C)NCCCc1ccc(Cl)c(C(=O)NCC2=C=C3CCCC(C3)C2)c1. The molecule has 1 aromatic rings. The van der Waals surface area contributed by atoms with Gasteiger partial charge in [0.15, 0.2) is 0 Å². The van der Waals surface area contributed by atoms with Crippen LogP contribution in [0.15, 0.2) is 35.1 Å². The normalized spacial score (nSPS) is 18.9. The monoisotopic (exact) mass is 386 g/mol. The van der Waals surface area contributed by atoms with Crippen LogP contribution in [-0.2, 0) is 6.42 Å². The number of hydrogen-bond acceptors (Lipinski definition) is 2. The average Bonchev–Trinajstić information content (AvgIpc) is 2.64. The van der Waals surface area contributed by atoms with Crippen molar-refractivity contribution >= 4 is 17.5 Å². The molecule has 3 rings (SSSR count). The summed E-state index contributed by atoms with van der Waals surface area (Å²) in [6, 6.07) is 6.30. The molecule has 2 aliphatic rings. The molecule has 1 saturated carbocycles. The van der Waals surface area contributed by atoms with Gasteiger partial charge in [0.1, 0.15) is 0 Å². The third kappa shape index (κ3) is 5.97. The second-order valence-electron chi connectivity index (χ2n) is 8.21. The Morgan fingerprint density at radius 3 is 2.96 bits per heavy atom. The molecule has 2 aliphatic carbocycles. The summed E-state index contributed by atoms with van der Waals surface area (Å²) >= 11 is 6.29. The minimum Gasteiger partial charge on any atom is -0.348 e. The van der Waals surface area contributed by atoms with E-state index in [9.17, 15) is 4.79 Å². The molecule has 1 unspecified atom stereocenters. The van der Waals surface area contributed by atoms with Crippen LogP contribution >= 0.6 is 11.6 Å². The van der Waals surface area contributed by atoms with Gasteiger partial charge in [0.2, 0.25) is 0 Å². The molecule has 1 amide bonds. The fourth-order valence-corrected chi connectivity index (χ4v) is 4.28. The van der Waals surface area contributed by atoms with Gasteiger partial charge in [-0.3, -0.25) is 4.79 Å². The molecule has 1 fully saturated rings. The Labute approximate surface area is 168 Å². The van der Waals surface area contributed by atoms with Crippen LogP contribution in [-0.4, -0.2) is 25.0 Å². The van der Waals surface area contributed by atoms with Crippen LogP contribution in [0.1, 0.15) is 68.3 Å². The van der Waals surface area contributed by atoms with Crippen LogP contribution < -0.4 is 10.6 Å². The van der Waals surface area contributed by atoms with E-state index in [-0.39, 0.29) is 5.91 Å². The van der Waals surface area contributed by atoms with Crippen molar-refractivity contribution in [3.05, 3.63) is 51.2 Å². The van der Waals surface area contributed by atoms with Gasteiger partial charge in [0.05, 0.1) is 10.6 Å². The predicted octanol–water partition coefficient (Wildman–Crippen LogP) is 5.05. The zero-order valence-electron chi connectivity index (χ0n) is 16.5. The Bertz CT molecular complexity index is 747. The lowest BCUT2D eigenvalue weighted by molar-refractivity contribution is 0.0956. The average molecular weight is 387 g/mol. The van der Waals surface area contributed by atoms with E-state index in [1.807, 2.05) is 18.2 Å². The maximum Gasteiger partial charge on any atom is 0.253 e. The quantitative estimate of drug-likeness (QED) is 0.485. The van der Waals surface area contributed by atoms with Gasteiger partial charge in [0, 0.05) is 12.6 Å². The van der Waals surface area contributed by atoms with Crippen LogP contribution in [0.2, 0.25) is 5.02 Å². The van der Waals surface area contributed by atoms with Gasteiger partial charge in [-0.2, -0.15) is 0 Å². The molecule has 2 N–H and O–H groups in total. The molecule has 0 aliphatic heterocycles. The standard InChI is InChI=1S/C23H31ClN2O/c1-16(2)25-10-4-7-17-8-9-22(24)21(14-17)23(27)26-15-20-12-18-5-3-6-19(11-18)13-20/h8-9,14,16,18,25H,3-7,10-12,15H2,1-2H3,(H,26,27). The number of fused-ring (bicyclic) bond motifs is 2. The third-order valence-corrected chi connectivity index (χ3v) is 5.78. The lowest BCUT2D eigenvalue weighted by atomic mass is 9.78. The fourth-order valence-electron chi connectivity index (χ4n) is 4.08. The number of aryl methyl sites for hydroxylation is 1. The summed E-state index contributed by atoms with van der Waals surface area (Å²) in [5, 5.41) is 7.00. The first kappa shape index (κ1) is 20.2. The van der Waals surface area contributed by atoms with E-state index in [0.717, 1.165) is 37.3 Å². The molecule has 0 aromatic heterocycles. The minimum atomic E-state index is -0.0859. The lowest BCUT2D eigenvalue weighted by Crippen LogP contribution is -2.27. The summed E-state index contributed by atoms with van der Waals surface area (Å²) in [6.45, 7) is 5.86. The molecular weight excluding hydrogens is 356 g/mol. The zero-order valence-corrected chi connectivity index (χ0v) is 17.3. The van der Waals surface area contributed by atoms with Crippen molar-refractivity contribution in [2.75, 3.05) is 13.1 Å². The van der Waals surface area contributed by atoms with Gasteiger partial charge in [-0.15, -0.1) is 5.73 Å². The minimum absolute atomic E-state index is 0.0859. The van der Waals surface area contributed by atoms with Gasteiger partial charge < -0.3 is 10.6 Å². The molecule has 0 radical (unpaired) electrons. The number of nitrogens with one attached hydrogen (secondary N) is 2. The van der Waals surface area contributed by atoms with Gasteiger partial charge in [-0.05, 0) is 86.3 Å². The van der Waals surface area contributed by atoms with E-state index < -0.39 is 0 Å². The maximum atomic E-state index is 12.7. The summed E-state index contributed by atoms with van der Waals surface area (Å²) in [6.07, 6.45) is 8.04. The second kappa shape index (κ2) is 9.59. The molecule has 27 heavy (non-hydrogen) atoms. The predicted molar refractivity (Wildman–Crippen MR) is 112 cm³/mol. The van der Waals surface area contributed by atoms with Gasteiger partial charge in [-0.1, -0.05) is 31.5 Å². The second-order valence-corrected chi connectivity index (χ2v) is 8.62. The van der Waals surface area contributed by atoms with E-state index in [4.69, 9.17) is 11.6 Å². The van der Waals surface area contributed by atoms with E-state index >= 15 is 0 Å². The van der Waals surface area contributed by atoms with Crippen LogP contribution in [0.4, 0.5) is 0 Å². The topological polar surface area (TPSA) is 41.1 Å². The Hall–Kier alpha value is -1.54. The van der Waals surface area contributed by atoms with E-state index in [1.54, 1.807) is 0 Å². The molecule has 0 saturated heterocycles. The Morgan fingerprint density at radius 1 is 1.33 bits per heavy atom. The van der Waals surface area contributed by atoms with Crippen molar-refractivity contribution in [1.82, 2.24) is 10.6 Å². The smallest absolute Gasteiger partial charge is 0.253 e. The number of amides is 1. The molecule has 146 valence electrons. The number of halogens is 1. The van der Waals surface area contributed by atoms with Crippen molar-refractivity contribution in [3.63, 3.8) is 0 Å². The van der Waals surface area contributed by atoms with Crippen LogP contribution in [0.5, 0.6) is 0 Å². The van der Waals surface area contributed by atoms with E-state index in [2.05, 4.69) is 30.2 Å². The highest BCUT2D eigenvalue weighted by Crippen LogP contribution is 2.35. The van der Waals surface area contributed by atoms with Crippen molar-refractivity contribution in [1.29, 1.82) is 0 Å². The highest BCUT2D eigenvalue weighted by Gasteiger charge is 2.22. The maximum absolute atomic E-state index is 12.7. The highest BCUT2D eigenvalue weighted by atomic mass is 35.5. The van der Waals surface area contributed by atoms with E-state index in [1.165, 1.54) is 36.8 Å². The van der Waals surface area contributed by atoms with E-state index in [0.29, 0.717) is 23.2 Å². The van der Waals surface area contributed by atoms with Crippen LogP contribution in [0.25, 0.3) is 0 Å². The van der Waals surface area contributed by atoms with Gasteiger partial charge in [0.25, 0.3) is 5.91 Å². The molecule has 4 heteroatoms. The number of carbonyl (C=O) groups excluding carboxylic acids is 1. The first-order valence-electron chi connectivity index (χ1n) is 10.3. The summed E-state index contributed by atoms with van der Waals surface area (Å²) in [7, 11) is 0. The Kier molecular flexibility index (Phi) is 7.18. The molecule has 0 spiro atoms. The molecule has 1 aromatic carbocycles. The lowest BCUT2D eigenvalue weighted by Gasteiger charge is -2.27. The van der Waals surface area contributed by atoms with Crippen molar-refractivity contribution < 1.29 is 4.79 Å². The third-order valence-electron chi connectivity index (χ3n) is 5.45. The molecule has 1 atom stereocenters. The first-order chi connectivity index (χ1) is 13.0. The summed E-state index contributed by atoms with van der Waals surface area (Å²) in [5.74, 6) is 0.672. The number of carbonyl (C=O) groups is 1. The zero-order chi connectivity index (χ0) is 19.2. The van der Waals surface area contributed by atoms with Gasteiger partial charge in [-0.25, -0.2) is 0 Å². The molecule has 2 bridgehead atoms. The summed E-state index contributed by atoms with van der Waals surface area (Å²) in [5.41, 5.74) is 7.95. The fraction of sp³-hybridized carbons (Fsp3) is 0.565. The van der Waals surface area contributed by atoms with Crippen LogP contribution in [0, 0.1) is 5.92 Å². The highest BCUT2D eigenvalue weighted by molar-refractivity contribution is 6.33. The van der Waals surface area contributed by atoms with Crippen molar-refractivity contribution in [2.24, 2.45) is 5.92 Å². The number of benzene rings is 1. The largest absolute Gasteiger partial charge is 0.348 e. The molecule has 0 heterocycles.